The Morgan fingerprint density at radius 2 is 1.82 bits per heavy atom. The number of ether oxygens (including phenoxy) is 1. The van der Waals surface area contributed by atoms with E-state index in [-0.39, 0.29) is 29.7 Å². The summed E-state index contributed by atoms with van der Waals surface area (Å²) in [5.41, 5.74) is 1.55. The summed E-state index contributed by atoms with van der Waals surface area (Å²) in [4.78, 5) is 33.9. The first-order valence-electron chi connectivity index (χ1n) is 7.11. The molecule has 0 heterocycles. The average Bonchev–Trinajstić information content (AvgIpc) is 2.50. The number of hydrogen-bond donors (Lipinski definition) is 0. The van der Waals surface area contributed by atoms with Gasteiger partial charge in [0.15, 0.2) is 10.9 Å². The zero-order valence-corrected chi connectivity index (χ0v) is 13.7. The highest BCUT2D eigenvalue weighted by atomic mass is 32.2. The van der Waals surface area contributed by atoms with Crippen molar-refractivity contribution in [3.05, 3.63) is 41.5 Å². The Labute approximate surface area is 134 Å². The van der Waals surface area contributed by atoms with Crippen molar-refractivity contribution >= 4 is 34.7 Å². The number of benzene rings is 1. The topological polar surface area (TPSA) is 60.4 Å². The minimum Gasteiger partial charge on any atom is -0.466 e. The summed E-state index contributed by atoms with van der Waals surface area (Å²) in [5, 5.41) is 0.0900. The van der Waals surface area contributed by atoms with Gasteiger partial charge in [0.25, 0.3) is 0 Å². The van der Waals surface area contributed by atoms with Crippen LogP contribution in [0.25, 0.3) is 6.08 Å². The summed E-state index contributed by atoms with van der Waals surface area (Å²) >= 11 is 1.25. The summed E-state index contributed by atoms with van der Waals surface area (Å²) in [6.07, 6.45) is 4.08. The third kappa shape index (κ3) is 7.22. The van der Waals surface area contributed by atoms with Crippen molar-refractivity contribution in [1.82, 2.24) is 0 Å². The molecule has 0 aromatic heterocycles. The molecule has 4 nitrogen and oxygen atoms in total. The van der Waals surface area contributed by atoms with Crippen LogP contribution in [-0.4, -0.2) is 29.2 Å². The van der Waals surface area contributed by atoms with Crippen LogP contribution < -0.4 is 0 Å². The van der Waals surface area contributed by atoms with Gasteiger partial charge in [-0.15, -0.1) is 0 Å². The van der Waals surface area contributed by atoms with Gasteiger partial charge in [-0.25, -0.2) is 0 Å². The minimum atomic E-state index is -0.349. The summed E-state index contributed by atoms with van der Waals surface area (Å²) in [6.45, 7) is 3.60. The highest BCUT2D eigenvalue weighted by Crippen LogP contribution is 2.11. The van der Waals surface area contributed by atoms with Gasteiger partial charge in [-0.2, -0.15) is 0 Å². The van der Waals surface area contributed by atoms with E-state index in [0.717, 1.165) is 5.56 Å². The molecular weight excluding hydrogens is 300 g/mol. The van der Waals surface area contributed by atoms with E-state index < -0.39 is 0 Å². The van der Waals surface area contributed by atoms with Gasteiger partial charge in [0.05, 0.1) is 13.0 Å². The Kier molecular flexibility index (Phi) is 8.22. The van der Waals surface area contributed by atoms with Gasteiger partial charge in [0.2, 0.25) is 0 Å². The van der Waals surface area contributed by atoms with Crippen LogP contribution in [0.1, 0.15) is 42.6 Å². The van der Waals surface area contributed by atoms with Gasteiger partial charge in [-0.05, 0) is 12.5 Å². The molecule has 1 aromatic rings. The third-order valence-corrected chi connectivity index (χ3v) is 3.55. The van der Waals surface area contributed by atoms with Crippen molar-refractivity contribution in [1.29, 1.82) is 0 Å². The van der Waals surface area contributed by atoms with Crippen LogP contribution in [-0.2, 0) is 14.3 Å². The number of thioether (sulfide) groups is 1. The third-order valence-electron chi connectivity index (χ3n) is 2.79. The smallest absolute Gasteiger partial charge is 0.306 e. The predicted molar refractivity (Wildman–Crippen MR) is 88.8 cm³/mol. The molecule has 0 amide bonds. The van der Waals surface area contributed by atoms with E-state index in [1.165, 1.54) is 18.7 Å². The fourth-order valence-electron chi connectivity index (χ4n) is 1.72. The van der Waals surface area contributed by atoms with Crippen molar-refractivity contribution in [3.8, 4) is 0 Å². The molecule has 118 valence electrons. The van der Waals surface area contributed by atoms with E-state index in [0.29, 0.717) is 17.9 Å². The summed E-state index contributed by atoms with van der Waals surface area (Å²) in [7, 11) is 0. The molecule has 0 saturated heterocycles. The zero-order valence-electron chi connectivity index (χ0n) is 12.8. The number of rotatable bonds is 8. The fraction of sp³-hybridized carbons (Fsp3) is 0.353. The first-order chi connectivity index (χ1) is 10.5. The molecule has 0 aliphatic heterocycles. The zero-order chi connectivity index (χ0) is 16.4. The maximum atomic E-state index is 11.9. The summed E-state index contributed by atoms with van der Waals surface area (Å²) < 4.78 is 4.79. The maximum Gasteiger partial charge on any atom is 0.306 e. The molecule has 0 spiro atoms. The van der Waals surface area contributed by atoms with Gasteiger partial charge in [-0.3, -0.25) is 14.4 Å². The molecule has 0 aliphatic rings. The van der Waals surface area contributed by atoms with Gasteiger partial charge < -0.3 is 4.74 Å². The molecule has 1 rings (SSSR count). The lowest BCUT2D eigenvalue weighted by molar-refractivity contribution is -0.143. The van der Waals surface area contributed by atoms with Crippen molar-refractivity contribution in [2.24, 2.45) is 0 Å². The van der Waals surface area contributed by atoms with Crippen LogP contribution in [0.4, 0.5) is 0 Å². The average molecular weight is 320 g/mol. The molecule has 1 aromatic carbocycles. The van der Waals surface area contributed by atoms with Crippen LogP contribution in [0.15, 0.2) is 30.3 Å². The number of hydrogen-bond acceptors (Lipinski definition) is 5. The van der Waals surface area contributed by atoms with Crippen LogP contribution in [0, 0.1) is 0 Å². The Balaban J connectivity index is 2.48. The lowest BCUT2D eigenvalue weighted by atomic mass is 10.0. The van der Waals surface area contributed by atoms with Crippen LogP contribution in [0.5, 0.6) is 0 Å². The van der Waals surface area contributed by atoms with Gasteiger partial charge in [-0.1, -0.05) is 48.2 Å². The Bertz CT molecular complexity index is 546. The molecule has 0 atom stereocenters. The van der Waals surface area contributed by atoms with Gasteiger partial charge >= 0.3 is 5.97 Å². The first kappa shape index (κ1) is 18.2. The second-order valence-electron chi connectivity index (χ2n) is 4.56. The normalized spacial score (nSPS) is 10.6. The summed E-state index contributed by atoms with van der Waals surface area (Å²) in [5.74, 6) is 0.212. The molecule has 22 heavy (non-hydrogen) atoms. The highest BCUT2D eigenvalue weighted by molar-refractivity contribution is 8.13. The molecule has 0 fully saturated rings. The molecule has 0 saturated carbocycles. The van der Waals surface area contributed by atoms with E-state index in [9.17, 15) is 14.4 Å². The SMILES string of the molecule is CCOC(=O)CCC(=O)c1ccc(C=CCSC(C)=O)cc1. The lowest BCUT2D eigenvalue weighted by Gasteiger charge is -2.02. The molecule has 0 aliphatic carbocycles. The molecule has 0 unspecified atom stereocenters. The van der Waals surface area contributed by atoms with E-state index in [1.54, 1.807) is 19.1 Å². The van der Waals surface area contributed by atoms with Crippen molar-refractivity contribution < 1.29 is 19.1 Å². The first-order valence-corrected chi connectivity index (χ1v) is 8.10. The molecule has 0 N–H and O–H groups in total. The summed E-state index contributed by atoms with van der Waals surface area (Å²) in [6, 6.07) is 7.16. The molecule has 0 bridgehead atoms. The number of carbonyl (C=O) groups is 3. The molecule has 0 radical (unpaired) electrons. The largest absolute Gasteiger partial charge is 0.466 e. The monoisotopic (exact) mass is 320 g/mol. The highest BCUT2D eigenvalue weighted by Gasteiger charge is 2.09. The van der Waals surface area contributed by atoms with Crippen LogP contribution in [0.2, 0.25) is 0 Å². The second kappa shape index (κ2) is 9.95. The van der Waals surface area contributed by atoms with E-state index >= 15 is 0 Å². The van der Waals surface area contributed by atoms with E-state index in [4.69, 9.17) is 4.74 Å². The van der Waals surface area contributed by atoms with Crippen molar-refractivity contribution in [2.75, 3.05) is 12.4 Å². The standard InChI is InChI=1S/C17H20O4S/c1-3-21-17(20)11-10-16(19)15-8-6-14(7-9-15)5-4-12-22-13(2)18/h4-9H,3,10-12H2,1-2H3. The minimum absolute atomic E-state index is 0.0734. The Morgan fingerprint density at radius 3 is 2.41 bits per heavy atom. The lowest BCUT2D eigenvalue weighted by Crippen LogP contribution is -2.07. The Morgan fingerprint density at radius 1 is 1.14 bits per heavy atom. The second-order valence-corrected chi connectivity index (χ2v) is 5.75. The van der Waals surface area contributed by atoms with E-state index in [1.807, 2.05) is 24.3 Å². The quantitative estimate of drug-likeness (QED) is 0.542. The number of ketones is 1. The molecular formula is C17H20O4S. The number of Topliss-reactive ketones (excluding diaryl/α,β-unsaturated/α-hetero) is 1. The van der Waals surface area contributed by atoms with Crippen molar-refractivity contribution in [2.45, 2.75) is 26.7 Å². The maximum absolute atomic E-state index is 11.9. The van der Waals surface area contributed by atoms with Crippen LogP contribution >= 0.6 is 11.8 Å². The van der Waals surface area contributed by atoms with Gasteiger partial charge in [0, 0.05) is 24.7 Å². The van der Waals surface area contributed by atoms with E-state index in [2.05, 4.69) is 0 Å². The number of esters is 1. The van der Waals surface area contributed by atoms with Gasteiger partial charge in [0.1, 0.15) is 0 Å². The Hall–Kier alpha value is -1.88. The fourth-order valence-corrected chi connectivity index (χ4v) is 2.15. The van der Waals surface area contributed by atoms with Crippen LogP contribution in [0.3, 0.4) is 0 Å². The molecule has 5 heteroatoms. The predicted octanol–water partition coefficient (Wildman–Crippen LogP) is 3.51. The number of carbonyl (C=O) groups excluding carboxylic acids is 3. The van der Waals surface area contributed by atoms with Crippen molar-refractivity contribution in [3.63, 3.8) is 0 Å².